The van der Waals surface area contributed by atoms with E-state index in [-0.39, 0.29) is 28.7 Å². The molecule has 5 nitrogen and oxygen atoms in total. The summed E-state index contributed by atoms with van der Waals surface area (Å²) in [6.45, 7) is 1.52. The summed E-state index contributed by atoms with van der Waals surface area (Å²) in [7, 11) is 3.43. The summed E-state index contributed by atoms with van der Waals surface area (Å²) in [4.78, 5) is 9.86. The number of pyridine rings is 1. The van der Waals surface area contributed by atoms with Crippen LogP contribution in [0.3, 0.4) is 0 Å². The van der Waals surface area contributed by atoms with Crippen LogP contribution in [0.2, 0.25) is 0 Å². The molecule has 0 aliphatic heterocycles. The Hall–Kier alpha value is -1.48. The maximum absolute atomic E-state index is 5.29. The van der Waals surface area contributed by atoms with Crippen molar-refractivity contribution in [2.75, 3.05) is 20.7 Å². The van der Waals surface area contributed by atoms with Gasteiger partial charge in [-0.05, 0) is 31.0 Å². The largest absolute Gasteiger partial charge is 0.481 e. The van der Waals surface area contributed by atoms with Crippen LogP contribution in [0.15, 0.2) is 58.5 Å². The first kappa shape index (κ1) is 20.8. The summed E-state index contributed by atoms with van der Waals surface area (Å²) in [6, 6.07) is 14.5. The first-order valence-electron chi connectivity index (χ1n) is 8.41. The molecule has 1 aliphatic rings. The Kier molecular flexibility index (Phi) is 8.02. The van der Waals surface area contributed by atoms with Gasteiger partial charge in [-0.1, -0.05) is 24.3 Å². The van der Waals surface area contributed by atoms with Gasteiger partial charge in [0, 0.05) is 41.5 Å². The van der Waals surface area contributed by atoms with Crippen molar-refractivity contribution in [3.05, 3.63) is 54.2 Å². The van der Waals surface area contributed by atoms with Crippen LogP contribution < -0.4 is 15.4 Å². The molecule has 7 heteroatoms. The molecule has 1 heterocycles. The lowest BCUT2D eigenvalue weighted by Gasteiger charge is -2.18. The zero-order valence-corrected chi connectivity index (χ0v) is 18.2. The standard InChI is InChI=1S/C19H24N4OS.HI/c1-20-18(22-13-15-7-6-12-21-17(15)24-2)23-14-19(10-11-19)25-16-8-4-3-5-9-16;/h3-9,12H,10-11,13-14H2,1-2H3,(H2,20,22,23);1H. The van der Waals surface area contributed by atoms with Crippen molar-refractivity contribution in [1.82, 2.24) is 15.6 Å². The van der Waals surface area contributed by atoms with Gasteiger partial charge < -0.3 is 15.4 Å². The van der Waals surface area contributed by atoms with E-state index in [0.717, 1.165) is 18.1 Å². The third kappa shape index (κ3) is 5.77. The molecule has 1 fully saturated rings. The summed E-state index contributed by atoms with van der Waals surface area (Å²) in [5.74, 6) is 1.44. The van der Waals surface area contributed by atoms with Crippen molar-refractivity contribution < 1.29 is 4.74 Å². The van der Waals surface area contributed by atoms with Crippen LogP contribution in [0.25, 0.3) is 0 Å². The van der Waals surface area contributed by atoms with Crippen molar-refractivity contribution in [3.63, 3.8) is 0 Å². The Morgan fingerprint density at radius 2 is 1.96 bits per heavy atom. The zero-order chi connectivity index (χ0) is 17.5. The number of guanidine groups is 1. The van der Waals surface area contributed by atoms with E-state index in [1.807, 2.05) is 23.9 Å². The zero-order valence-electron chi connectivity index (χ0n) is 15.1. The highest BCUT2D eigenvalue weighted by Gasteiger charge is 2.43. The number of thioether (sulfide) groups is 1. The molecule has 3 rings (SSSR count). The van der Waals surface area contributed by atoms with E-state index in [2.05, 4.69) is 50.9 Å². The van der Waals surface area contributed by atoms with Gasteiger partial charge in [-0.15, -0.1) is 35.7 Å². The van der Waals surface area contributed by atoms with Crippen LogP contribution in [0.4, 0.5) is 0 Å². The van der Waals surface area contributed by atoms with E-state index in [9.17, 15) is 0 Å². The first-order valence-corrected chi connectivity index (χ1v) is 9.23. The fourth-order valence-corrected chi connectivity index (χ4v) is 3.82. The normalized spacial score (nSPS) is 14.9. The molecule has 0 spiro atoms. The number of aromatic nitrogens is 1. The molecule has 0 radical (unpaired) electrons. The minimum Gasteiger partial charge on any atom is -0.481 e. The Labute approximate surface area is 176 Å². The topological polar surface area (TPSA) is 58.5 Å². The van der Waals surface area contributed by atoms with Crippen molar-refractivity contribution >= 4 is 41.7 Å². The summed E-state index contributed by atoms with van der Waals surface area (Å²) < 4.78 is 5.57. The minimum absolute atomic E-state index is 0. The second-order valence-corrected chi connectivity index (χ2v) is 7.59. The van der Waals surface area contributed by atoms with Gasteiger partial charge in [0.05, 0.1) is 7.11 Å². The van der Waals surface area contributed by atoms with Crippen LogP contribution in [-0.4, -0.2) is 36.4 Å². The second kappa shape index (κ2) is 10.0. The Morgan fingerprint density at radius 3 is 2.62 bits per heavy atom. The average Bonchev–Trinajstić information content (AvgIpc) is 3.42. The number of hydrogen-bond donors (Lipinski definition) is 2. The molecule has 1 aromatic carbocycles. The Balaban J connectivity index is 0.00000243. The summed E-state index contributed by atoms with van der Waals surface area (Å²) in [6.07, 6.45) is 4.19. The predicted octanol–water partition coefficient (Wildman–Crippen LogP) is 3.70. The fourth-order valence-electron chi connectivity index (χ4n) is 2.58. The van der Waals surface area contributed by atoms with Crippen molar-refractivity contribution in [2.24, 2.45) is 4.99 Å². The maximum Gasteiger partial charge on any atom is 0.218 e. The molecule has 0 amide bonds. The van der Waals surface area contributed by atoms with E-state index in [1.54, 1.807) is 20.4 Å². The molecular weight excluding hydrogens is 459 g/mol. The highest BCUT2D eigenvalue weighted by Crippen LogP contribution is 2.51. The van der Waals surface area contributed by atoms with Crippen LogP contribution in [0, 0.1) is 0 Å². The van der Waals surface area contributed by atoms with Crippen LogP contribution in [-0.2, 0) is 6.54 Å². The van der Waals surface area contributed by atoms with Crippen LogP contribution in [0.5, 0.6) is 5.88 Å². The first-order chi connectivity index (χ1) is 12.2. The van der Waals surface area contributed by atoms with Gasteiger partial charge in [0.15, 0.2) is 5.96 Å². The van der Waals surface area contributed by atoms with Gasteiger partial charge >= 0.3 is 0 Å². The van der Waals surface area contributed by atoms with E-state index < -0.39 is 0 Å². The maximum atomic E-state index is 5.29. The van der Waals surface area contributed by atoms with Crippen molar-refractivity contribution in [3.8, 4) is 5.88 Å². The van der Waals surface area contributed by atoms with E-state index in [1.165, 1.54) is 17.7 Å². The molecule has 26 heavy (non-hydrogen) atoms. The summed E-state index contributed by atoms with van der Waals surface area (Å²) >= 11 is 1.95. The number of ether oxygens (including phenoxy) is 1. The number of benzene rings is 1. The third-order valence-corrected chi connectivity index (χ3v) is 5.67. The molecule has 0 atom stereocenters. The molecule has 2 N–H and O–H groups in total. The number of nitrogens with one attached hydrogen (secondary N) is 2. The summed E-state index contributed by atoms with van der Waals surface area (Å²) in [5, 5.41) is 6.79. The number of aliphatic imine (C=N–C) groups is 1. The lowest BCUT2D eigenvalue weighted by atomic mass is 10.2. The number of methoxy groups -OCH3 is 1. The quantitative estimate of drug-likeness (QED) is 0.357. The molecule has 140 valence electrons. The molecular formula is C19H25IN4OS. The van der Waals surface area contributed by atoms with Gasteiger partial charge in [-0.3, -0.25) is 4.99 Å². The smallest absolute Gasteiger partial charge is 0.218 e. The van der Waals surface area contributed by atoms with Crippen LogP contribution >= 0.6 is 35.7 Å². The minimum atomic E-state index is 0. The molecule has 1 aliphatic carbocycles. The average molecular weight is 484 g/mol. The van der Waals surface area contributed by atoms with E-state index in [4.69, 9.17) is 4.74 Å². The monoisotopic (exact) mass is 484 g/mol. The van der Waals surface area contributed by atoms with Gasteiger partial charge in [0.2, 0.25) is 5.88 Å². The number of halogens is 1. The molecule has 1 saturated carbocycles. The SMILES string of the molecule is CN=C(NCc1cccnc1OC)NCC1(Sc2ccccc2)CC1.I. The fraction of sp³-hybridized carbons (Fsp3) is 0.368. The third-order valence-electron chi connectivity index (χ3n) is 4.18. The number of nitrogens with zero attached hydrogens (tertiary/aromatic N) is 2. The predicted molar refractivity (Wildman–Crippen MR) is 119 cm³/mol. The lowest BCUT2D eigenvalue weighted by molar-refractivity contribution is 0.392. The second-order valence-electron chi connectivity index (χ2n) is 6.05. The van der Waals surface area contributed by atoms with E-state index >= 15 is 0 Å². The Bertz CT molecular complexity index is 722. The van der Waals surface area contributed by atoms with Crippen molar-refractivity contribution in [2.45, 2.75) is 29.0 Å². The van der Waals surface area contributed by atoms with Gasteiger partial charge in [-0.25, -0.2) is 4.98 Å². The molecule has 0 saturated heterocycles. The van der Waals surface area contributed by atoms with Gasteiger partial charge in [0.25, 0.3) is 0 Å². The van der Waals surface area contributed by atoms with Crippen molar-refractivity contribution in [1.29, 1.82) is 0 Å². The highest BCUT2D eigenvalue weighted by molar-refractivity contribution is 14.0. The summed E-state index contributed by atoms with van der Waals surface area (Å²) in [5.41, 5.74) is 1.01. The molecule has 0 unspecified atom stereocenters. The number of rotatable bonds is 7. The lowest BCUT2D eigenvalue weighted by Crippen LogP contribution is -2.40. The molecule has 1 aromatic heterocycles. The molecule has 0 bridgehead atoms. The Morgan fingerprint density at radius 1 is 1.19 bits per heavy atom. The number of hydrogen-bond acceptors (Lipinski definition) is 4. The van der Waals surface area contributed by atoms with Crippen LogP contribution in [0.1, 0.15) is 18.4 Å². The highest BCUT2D eigenvalue weighted by atomic mass is 127. The molecule has 2 aromatic rings. The van der Waals surface area contributed by atoms with Gasteiger partial charge in [0.1, 0.15) is 0 Å². The van der Waals surface area contributed by atoms with E-state index in [0.29, 0.717) is 12.4 Å². The van der Waals surface area contributed by atoms with Gasteiger partial charge in [-0.2, -0.15) is 0 Å².